The highest BCUT2D eigenvalue weighted by Crippen LogP contribution is 2.39. The number of aromatic nitrogens is 4. The van der Waals surface area contributed by atoms with Gasteiger partial charge in [-0.2, -0.15) is 0 Å². The summed E-state index contributed by atoms with van der Waals surface area (Å²) in [7, 11) is 0. The number of rotatable bonds is 3. The molecule has 0 fully saturated rings. The summed E-state index contributed by atoms with van der Waals surface area (Å²) in [5.41, 5.74) is 5.08. The summed E-state index contributed by atoms with van der Waals surface area (Å²) in [6, 6.07) is 48.7. The van der Waals surface area contributed by atoms with Crippen LogP contribution in [0, 0.1) is 0 Å². The number of hydrogen-bond acceptors (Lipinski definition) is 3. The number of para-hydroxylation sites is 1. The topological polar surface area (TPSA) is 54.5 Å². The average molecular weight is 549 g/mol. The molecule has 0 atom stereocenters. The second-order valence-corrected chi connectivity index (χ2v) is 10.9. The van der Waals surface area contributed by atoms with E-state index in [0.29, 0.717) is 17.5 Å². The highest BCUT2D eigenvalue weighted by molar-refractivity contribution is 6.23. The quantitative estimate of drug-likeness (QED) is 0.224. The van der Waals surface area contributed by atoms with Gasteiger partial charge >= 0.3 is 0 Å². The summed E-state index contributed by atoms with van der Waals surface area (Å²) < 4.78 is 0. The molecule has 0 amide bonds. The SMILES string of the molecule is c1ccc(-c2nc(-c3cc4ccc5ccccc5c4c4ccccc34)nc(-c3cccc4[nH]c5ccccc5c34)n2)cc1. The van der Waals surface area contributed by atoms with Crippen LogP contribution in [-0.2, 0) is 0 Å². The molecule has 1 N–H and O–H groups in total. The number of nitrogens with zero attached hydrogens (tertiary/aromatic N) is 3. The normalized spacial score (nSPS) is 11.7. The molecule has 2 heterocycles. The second kappa shape index (κ2) is 9.33. The molecule has 9 rings (SSSR count). The zero-order chi connectivity index (χ0) is 28.3. The summed E-state index contributed by atoms with van der Waals surface area (Å²) in [5.74, 6) is 1.97. The van der Waals surface area contributed by atoms with Crippen molar-refractivity contribution in [2.45, 2.75) is 0 Å². The first-order valence-corrected chi connectivity index (χ1v) is 14.5. The van der Waals surface area contributed by atoms with E-state index in [-0.39, 0.29) is 0 Å². The highest BCUT2D eigenvalue weighted by atomic mass is 15.0. The van der Waals surface area contributed by atoms with Crippen LogP contribution < -0.4 is 0 Å². The minimum absolute atomic E-state index is 0.653. The van der Waals surface area contributed by atoms with Crippen molar-refractivity contribution in [2.24, 2.45) is 0 Å². The van der Waals surface area contributed by atoms with E-state index in [2.05, 4.69) is 126 Å². The van der Waals surface area contributed by atoms with Crippen molar-refractivity contribution in [1.82, 2.24) is 19.9 Å². The van der Waals surface area contributed by atoms with Gasteiger partial charge in [0.2, 0.25) is 0 Å². The summed E-state index contributed by atoms with van der Waals surface area (Å²) in [6.07, 6.45) is 0. The van der Waals surface area contributed by atoms with Crippen LogP contribution in [0.5, 0.6) is 0 Å². The van der Waals surface area contributed by atoms with Gasteiger partial charge in [-0.1, -0.05) is 121 Å². The van der Waals surface area contributed by atoms with E-state index in [1.165, 1.54) is 21.5 Å². The van der Waals surface area contributed by atoms with E-state index in [9.17, 15) is 0 Å². The first-order valence-electron chi connectivity index (χ1n) is 14.5. The van der Waals surface area contributed by atoms with Gasteiger partial charge < -0.3 is 4.98 Å². The maximum atomic E-state index is 5.22. The standard InChI is InChI=1S/C39H24N4/c1-2-12-25(13-3-1)37-41-38(31-18-10-20-34-36(31)30-17-8-9-19-33(30)40-34)43-39(42-37)32-23-26-22-21-24-11-4-5-14-27(24)35(26)29-16-7-6-15-28(29)32/h1-23,40H. The van der Waals surface area contributed by atoms with Crippen LogP contribution in [0.25, 0.3) is 88.3 Å². The molecule has 0 bridgehead atoms. The van der Waals surface area contributed by atoms with Crippen LogP contribution in [0.3, 0.4) is 0 Å². The van der Waals surface area contributed by atoms with Gasteiger partial charge in [0, 0.05) is 38.5 Å². The largest absolute Gasteiger partial charge is 0.354 e. The molecule has 7 aromatic carbocycles. The Morgan fingerprint density at radius 2 is 1.00 bits per heavy atom. The molecular weight excluding hydrogens is 524 g/mol. The number of fused-ring (bicyclic) bond motifs is 8. The monoisotopic (exact) mass is 548 g/mol. The van der Waals surface area contributed by atoms with Crippen molar-refractivity contribution in [3.63, 3.8) is 0 Å². The summed E-state index contributed by atoms with van der Waals surface area (Å²) >= 11 is 0. The first kappa shape index (κ1) is 23.8. The lowest BCUT2D eigenvalue weighted by molar-refractivity contribution is 1.08. The number of H-pyrrole nitrogens is 1. The average Bonchev–Trinajstić information content (AvgIpc) is 3.47. The van der Waals surface area contributed by atoms with Crippen molar-refractivity contribution >= 4 is 54.1 Å². The van der Waals surface area contributed by atoms with Crippen molar-refractivity contribution in [1.29, 1.82) is 0 Å². The molecule has 200 valence electrons. The van der Waals surface area contributed by atoms with Crippen LogP contribution in [-0.4, -0.2) is 19.9 Å². The Morgan fingerprint density at radius 3 is 1.86 bits per heavy atom. The number of hydrogen-bond donors (Lipinski definition) is 1. The molecule has 4 heteroatoms. The van der Waals surface area contributed by atoms with Crippen molar-refractivity contribution in [3.8, 4) is 34.2 Å². The van der Waals surface area contributed by atoms with E-state index < -0.39 is 0 Å². The fourth-order valence-corrected chi connectivity index (χ4v) is 6.48. The van der Waals surface area contributed by atoms with Gasteiger partial charge in [-0.15, -0.1) is 0 Å². The molecule has 0 spiro atoms. The van der Waals surface area contributed by atoms with E-state index >= 15 is 0 Å². The maximum absolute atomic E-state index is 5.22. The third kappa shape index (κ3) is 3.74. The lowest BCUT2D eigenvalue weighted by atomic mass is 9.93. The molecule has 9 aromatic rings. The Bertz CT molecular complexity index is 2510. The molecule has 0 radical (unpaired) electrons. The Morgan fingerprint density at radius 1 is 0.372 bits per heavy atom. The molecule has 43 heavy (non-hydrogen) atoms. The Hall–Kier alpha value is -5.87. The molecule has 0 saturated heterocycles. The fourth-order valence-electron chi connectivity index (χ4n) is 6.48. The van der Waals surface area contributed by atoms with Crippen LogP contribution in [0.1, 0.15) is 0 Å². The van der Waals surface area contributed by atoms with Crippen LogP contribution in [0.4, 0.5) is 0 Å². The van der Waals surface area contributed by atoms with Gasteiger partial charge in [0.15, 0.2) is 17.5 Å². The van der Waals surface area contributed by atoms with Gasteiger partial charge in [0.25, 0.3) is 0 Å². The Kier molecular flexibility index (Phi) is 5.16. The zero-order valence-corrected chi connectivity index (χ0v) is 23.1. The molecule has 0 aliphatic rings. The Labute approximate surface area is 247 Å². The predicted molar refractivity (Wildman–Crippen MR) is 178 cm³/mol. The van der Waals surface area contributed by atoms with Crippen LogP contribution in [0.2, 0.25) is 0 Å². The van der Waals surface area contributed by atoms with Gasteiger partial charge in [-0.25, -0.2) is 15.0 Å². The van der Waals surface area contributed by atoms with Gasteiger partial charge in [-0.05, 0) is 50.5 Å². The lowest BCUT2D eigenvalue weighted by Crippen LogP contribution is -2.01. The molecule has 0 saturated carbocycles. The van der Waals surface area contributed by atoms with Crippen LogP contribution in [0.15, 0.2) is 140 Å². The predicted octanol–water partition coefficient (Wildman–Crippen LogP) is 9.97. The van der Waals surface area contributed by atoms with Gasteiger partial charge in [0.1, 0.15) is 0 Å². The smallest absolute Gasteiger partial charge is 0.164 e. The summed E-state index contributed by atoms with van der Waals surface area (Å²) in [4.78, 5) is 19.0. The third-order valence-corrected chi connectivity index (χ3v) is 8.43. The van der Waals surface area contributed by atoms with E-state index in [0.717, 1.165) is 49.3 Å². The highest BCUT2D eigenvalue weighted by Gasteiger charge is 2.19. The minimum atomic E-state index is 0.653. The maximum Gasteiger partial charge on any atom is 0.164 e. The molecule has 2 aromatic heterocycles. The van der Waals surface area contributed by atoms with Gasteiger partial charge in [0.05, 0.1) is 0 Å². The van der Waals surface area contributed by atoms with E-state index in [4.69, 9.17) is 15.0 Å². The molecular formula is C39H24N4. The van der Waals surface area contributed by atoms with Crippen LogP contribution >= 0.6 is 0 Å². The number of aromatic amines is 1. The summed E-state index contributed by atoms with van der Waals surface area (Å²) in [5, 5.41) is 9.46. The number of benzene rings is 7. The lowest BCUT2D eigenvalue weighted by Gasteiger charge is -2.14. The molecule has 0 aliphatic heterocycles. The zero-order valence-electron chi connectivity index (χ0n) is 23.1. The third-order valence-electron chi connectivity index (χ3n) is 8.43. The van der Waals surface area contributed by atoms with E-state index in [1.807, 2.05) is 18.2 Å². The van der Waals surface area contributed by atoms with Gasteiger partial charge in [-0.3, -0.25) is 0 Å². The summed E-state index contributed by atoms with van der Waals surface area (Å²) in [6.45, 7) is 0. The minimum Gasteiger partial charge on any atom is -0.354 e. The fraction of sp³-hybridized carbons (Fsp3) is 0. The number of nitrogens with one attached hydrogen (secondary N) is 1. The molecule has 0 aliphatic carbocycles. The van der Waals surface area contributed by atoms with E-state index in [1.54, 1.807) is 0 Å². The first-order chi connectivity index (χ1) is 21.3. The van der Waals surface area contributed by atoms with Crippen molar-refractivity contribution < 1.29 is 0 Å². The molecule has 0 unspecified atom stereocenters. The van der Waals surface area contributed by atoms with Crippen molar-refractivity contribution in [3.05, 3.63) is 140 Å². The Balaban J connectivity index is 1.38. The molecule has 4 nitrogen and oxygen atoms in total. The van der Waals surface area contributed by atoms with Crippen molar-refractivity contribution in [2.75, 3.05) is 0 Å². The second-order valence-electron chi connectivity index (χ2n) is 10.9.